The zero-order valence-electron chi connectivity index (χ0n) is 19.6. The van der Waals surface area contributed by atoms with E-state index in [1.54, 1.807) is 6.07 Å². The number of nitrogens with zero attached hydrogens (tertiary/aromatic N) is 1. The Kier molecular flexibility index (Phi) is 6.21. The second-order valence-corrected chi connectivity index (χ2v) is 9.79. The highest BCUT2D eigenvalue weighted by Crippen LogP contribution is 2.48. The number of ether oxygens (including phenoxy) is 1. The summed E-state index contributed by atoms with van der Waals surface area (Å²) in [7, 11) is 0. The van der Waals surface area contributed by atoms with E-state index < -0.39 is 18.2 Å². The summed E-state index contributed by atoms with van der Waals surface area (Å²) in [6.45, 7) is 4.01. The van der Waals surface area contributed by atoms with Crippen LogP contribution in [0.2, 0.25) is 0 Å². The second kappa shape index (κ2) is 9.34. The molecule has 1 aromatic carbocycles. The van der Waals surface area contributed by atoms with Gasteiger partial charge in [-0.2, -0.15) is 0 Å². The topological polar surface area (TPSA) is 107 Å². The number of pyridine rings is 1. The number of thiophene rings is 1. The number of furan rings is 1. The predicted octanol–water partition coefficient (Wildman–Crippen LogP) is 6.25. The van der Waals surface area contributed by atoms with Gasteiger partial charge in [-0.25, -0.2) is 13.8 Å². The Morgan fingerprint density at radius 1 is 1.22 bits per heavy atom. The van der Waals surface area contributed by atoms with Crippen molar-refractivity contribution >= 4 is 39.1 Å². The smallest absolute Gasteiger partial charge is 0.291 e. The van der Waals surface area contributed by atoms with E-state index in [4.69, 9.17) is 14.9 Å². The summed E-state index contributed by atoms with van der Waals surface area (Å²) < 4.78 is 38.4. The lowest BCUT2D eigenvalue weighted by atomic mass is 10.0. The van der Waals surface area contributed by atoms with Gasteiger partial charge >= 0.3 is 0 Å². The zero-order valence-corrected chi connectivity index (χ0v) is 20.4. The standard InChI is InChI=1S/C26H23F2N3O4S/c1-12-4-3-5-13(2)21(12)34-11-15-8-9-18(35-15)25(33)31-20-19-16(14-6-7-14)10-17(23(27)28)30-26(19)36-22(20)24(29)32/h3-5,8-10,14,23H,6-7,11H2,1-2H3,(H2,29,32)(H,31,33). The molecule has 1 fully saturated rings. The molecule has 0 aliphatic heterocycles. The number of nitrogens with two attached hydrogens (primary N) is 1. The van der Waals surface area contributed by atoms with Gasteiger partial charge in [-0.15, -0.1) is 11.3 Å². The number of halogens is 2. The minimum absolute atomic E-state index is 0.00927. The van der Waals surface area contributed by atoms with Gasteiger partial charge in [0.2, 0.25) is 0 Å². The van der Waals surface area contributed by atoms with Crippen LogP contribution in [-0.2, 0) is 6.61 Å². The number of benzene rings is 1. The van der Waals surface area contributed by atoms with Crippen molar-refractivity contribution in [2.24, 2.45) is 5.73 Å². The molecular formula is C26H23F2N3O4S. The van der Waals surface area contributed by atoms with Crippen LogP contribution in [0.3, 0.4) is 0 Å². The minimum Gasteiger partial charge on any atom is -0.485 e. The van der Waals surface area contributed by atoms with E-state index in [0.29, 0.717) is 16.7 Å². The maximum absolute atomic E-state index is 13.4. The molecule has 3 N–H and O–H groups in total. The van der Waals surface area contributed by atoms with Gasteiger partial charge in [-0.1, -0.05) is 18.2 Å². The number of hydrogen-bond acceptors (Lipinski definition) is 6. The number of fused-ring (bicyclic) bond motifs is 1. The van der Waals surface area contributed by atoms with Crippen LogP contribution < -0.4 is 15.8 Å². The van der Waals surface area contributed by atoms with Crippen LogP contribution in [0.5, 0.6) is 5.75 Å². The normalized spacial score (nSPS) is 13.4. The highest BCUT2D eigenvalue weighted by atomic mass is 32.1. The van der Waals surface area contributed by atoms with E-state index in [0.717, 1.165) is 41.1 Å². The number of hydrogen-bond donors (Lipinski definition) is 2. The maximum Gasteiger partial charge on any atom is 0.291 e. The number of rotatable bonds is 8. The molecule has 7 nitrogen and oxygen atoms in total. The van der Waals surface area contributed by atoms with Crippen molar-refractivity contribution in [3.05, 3.63) is 75.2 Å². The number of carbonyl (C=O) groups is 2. The Bertz CT molecular complexity index is 1470. The number of anilines is 1. The van der Waals surface area contributed by atoms with Crippen LogP contribution in [-0.4, -0.2) is 16.8 Å². The molecule has 3 heterocycles. The van der Waals surface area contributed by atoms with E-state index in [-0.39, 0.29) is 39.4 Å². The number of nitrogens with one attached hydrogen (secondary N) is 1. The molecule has 0 saturated heterocycles. The number of primary amides is 1. The molecule has 10 heteroatoms. The monoisotopic (exact) mass is 511 g/mol. The molecule has 2 amide bonds. The SMILES string of the molecule is Cc1cccc(C)c1OCc1ccc(C(=O)Nc2c(C(N)=O)sc3nc(C(F)F)cc(C4CC4)c23)o1. The Morgan fingerprint density at radius 2 is 1.94 bits per heavy atom. The van der Waals surface area contributed by atoms with E-state index in [1.807, 2.05) is 32.0 Å². The largest absolute Gasteiger partial charge is 0.485 e. The first kappa shape index (κ1) is 23.9. The van der Waals surface area contributed by atoms with Crippen molar-refractivity contribution in [3.63, 3.8) is 0 Å². The maximum atomic E-state index is 13.4. The van der Waals surface area contributed by atoms with Gasteiger partial charge < -0.3 is 20.2 Å². The molecule has 0 unspecified atom stereocenters. The van der Waals surface area contributed by atoms with Crippen molar-refractivity contribution in [2.45, 2.75) is 45.6 Å². The van der Waals surface area contributed by atoms with Crippen LogP contribution >= 0.6 is 11.3 Å². The number of amides is 2. The van der Waals surface area contributed by atoms with Gasteiger partial charge in [0, 0.05) is 5.39 Å². The zero-order chi connectivity index (χ0) is 25.6. The lowest BCUT2D eigenvalue weighted by Gasteiger charge is -2.10. The van der Waals surface area contributed by atoms with E-state index in [2.05, 4.69) is 10.3 Å². The van der Waals surface area contributed by atoms with Crippen molar-refractivity contribution in [1.82, 2.24) is 4.98 Å². The lowest BCUT2D eigenvalue weighted by molar-refractivity contribution is 0.0992. The molecule has 0 bridgehead atoms. The van der Waals surface area contributed by atoms with Gasteiger partial charge in [-0.05, 0) is 67.5 Å². The average molecular weight is 512 g/mol. The van der Waals surface area contributed by atoms with Gasteiger partial charge in [-0.3, -0.25) is 9.59 Å². The van der Waals surface area contributed by atoms with Crippen molar-refractivity contribution in [2.75, 3.05) is 5.32 Å². The Hall–Kier alpha value is -3.79. The van der Waals surface area contributed by atoms with Crippen molar-refractivity contribution in [1.29, 1.82) is 0 Å². The van der Waals surface area contributed by atoms with Crippen LogP contribution in [0.4, 0.5) is 14.5 Å². The first-order valence-electron chi connectivity index (χ1n) is 11.4. The molecule has 1 aliphatic rings. The fourth-order valence-corrected chi connectivity index (χ4v) is 5.21. The van der Waals surface area contributed by atoms with Gasteiger partial charge in [0.15, 0.2) is 5.76 Å². The third kappa shape index (κ3) is 4.56. The molecule has 1 aliphatic carbocycles. The van der Waals surface area contributed by atoms with E-state index >= 15 is 0 Å². The lowest BCUT2D eigenvalue weighted by Crippen LogP contribution is -2.16. The molecule has 5 rings (SSSR count). The highest BCUT2D eigenvalue weighted by molar-refractivity contribution is 7.21. The second-order valence-electron chi connectivity index (χ2n) is 8.79. The molecule has 186 valence electrons. The number of aromatic nitrogens is 1. The van der Waals surface area contributed by atoms with Crippen LogP contribution in [0.25, 0.3) is 10.2 Å². The minimum atomic E-state index is -2.75. The Balaban J connectivity index is 1.43. The van der Waals surface area contributed by atoms with Gasteiger partial charge in [0.05, 0.1) is 5.69 Å². The number of alkyl halides is 2. The van der Waals surface area contributed by atoms with Crippen LogP contribution in [0.15, 0.2) is 40.8 Å². The molecule has 0 spiro atoms. The summed E-state index contributed by atoms with van der Waals surface area (Å²) in [5, 5.41) is 3.19. The number of carbonyl (C=O) groups excluding carboxylic acids is 2. The summed E-state index contributed by atoms with van der Waals surface area (Å²) >= 11 is 0.889. The van der Waals surface area contributed by atoms with Crippen molar-refractivity contribution < 1.29 is 27.5 Å². The number of aryl methyl sites for hydroxylation is 2. The average Bonchev–Trinajstić information content (AvgIpc) is 3.46. The summed E-state index contributed by atoms with van der Waals surface area (Å²) in [5.74, 6) is -0.119. The summed E-state index contributed by atoms with van der Waals surface area (Å²) in [5.41, 5.74) is 7.98. The molecule has 36 heavy (non-hydrogen) atoms. The van der Waals surface area contributed by atoms with Gasteiger partial charge in [0.1, 0.15) is 33.5 Å². The quantitative estimate of drug-likeness (QED) is 0.291. The molecule has 0 atom stereocenters. The summed E-state index contributed by atoms with van der Waals surface area (Å²) in [6, 6.07) is 10.3. The Labute approximate surface area is 209 Å². The molecule has 3 aromatic heterocycles. The number of para-hydroxylation sites is 1. The van der Waals surface area contributed by atoms with Gasteiger partial charge in [0.25, 0.3) is 18.2 Å². The highest BCUT2D eigenvalue weighted by Gasteiger charge is 2.32. The van der Waals surface area contributed by atoms with Crippen LogP contribution in [0, 0.1) is 13.8 Å². The van der Waals surface area contributed by atoms with Crippen LogP contribution in [0.1, 0.15) is 73.6 Å². The molecule has 4 aromatic rings. The predicted molar refractivity (Wildman–Crippen MR) is 132 cm³/mol. The van der Waals surface area contributed by atoms with Crippen molar-refractivity contribution in [3.8, 4) is 5.75 Å². The summed E-state index contributed by atoms with van der Waals surface area (Å²) in [4.78, 5) is 29.5. The molecule has 0 radical (unpaired) electrons. The third-order valence-electron chi connectivity index (χ3n) is 6.07. The molecule has 1 saturated carbocycles. The fourth-order valence-electron chi connectivity index (χ4n) is 4.19. The third-order valence-corrected chi connectivity index (χ3v) is 7.17. The first-order valence-corrected chi connectivity index (χ1v) is 12.2. The van der Waals surface area contributed by atoms with E-state index in [1.165, 1.54) is 12.1 Å². The summed E-state index contributed by atoms with van der Waals surface area (Å²) in [6.07, 6.45) is -1.09. The molecular weight excluding hydrogens is 488 g/mol. The Morgan fingerprint density at radius 3 is 2.58 bits per heavy atom. The van der Waals surface area contributed by atoms with E-state index in [9.17, 15) is 18.4 Å². The first-order chi connectivity index (χ1) is 17.2. The fraction of sp³-hybridized carbons (Fsp3) is 0.269.